The molecule has 0 amide bonds. The molecule has 1 atom stereocenters. The Labute approximate surface area is 267 Å². The number of carbonyl (C=O) groups excluding carboxylic acids is 1. The molecule has 234 valence electrons. The van der Waals surface area contributed by atoms with Crippen molar-refractivity contribution in [2.45, 2.75) is 26.5 Å². The molecule has 0 saturated carbocycles. The van der Waals surface area contributed by atoms with Crippen LogP contribution < -0.4 is 33.8 Å². The summed E-state index contributed by atoms with van der Waals surface area (Å²) in [7, 11) is 2.75. The van der Waals surface area contributed by atoms with E-state index in [-0.39, 0.29) is 34.3 Å². The third-order valence-corrected chi connectivity index (χ3v) is 8.11. The third-order valence-electron chi connectivity index (χ3n) is 6.83. The Morgan fingerprint density at radius 2 is 1.80 bits per heavy atom. The van der Waals surface area contributed by atoms with Crippen molar-refractivity contribution >= 4 is 35.0 Å². The van der Waals surface area contributed by atoms with E-state index in [4.69, 9.17) is 35.3 Å². The monoisotopic (exact) mass is 652 g/mol. The molecular weight excluding hydrogens is 623 g/mol. The molecule has 0 saturated heterocycles. The highest BCUT2D eigenvalue weighted by atomic mass is 35.5. The largest absolute Gasteiger partial charge is 0.493 e. The van der Waals surface area contributed by atoms with Crippen molar-refractivity contribution in [2.75, 3.05) is 27.4 Å². The first-order valence-corrected chi connectivity index (χ1v) is 15.2. The molecule has 0 aliphatic carbocycles. The van der Waals surface area contributed by atoms with E-state index in [1.165, 1.54) is 37.1 Å². The van der Waals surface area contributed by atoms with Gasteiger partial charge in [0.2, 0.25) is 0 Å². The second-order valence-corrected chi connectivity index (χ2v) is 11.1. The quantitative estimate of drug-likeness (QED) is 0.206. The standard InChI is InChI=1S/C33H30ClFN2O7S/c1-5-42-25-11-10-21(16-26(25)43-6-2)29-23(32(39)41-4)17-36-33-37(29)31(38)28(45-33)15-20-13-24(34)30(27(14-20)40-3)44-18-19-8-7-9-22(35)12-19/h7-17,29H,5-6,18H2,1-4H3/b28-15-/t29-/m0/s1. The molecule has 1 aliphatic heterocycles. The summed E-state index contributed by atoms with van der Waals surface area (Å²) < 4.78 is 43.4. The first-order chi connectivity index (χ1) is 21.8. The van der Waals surface area contributed by atoms with E-state index in [1.807, 2.05) is 13.8 Å². The van der Waals surface area contributed by atoms with Gasteiger partial charge in [0, 0.05) is 6.20 Å². The molecule has 0 bridgehead atoms. The second-order valence-electron chi connectivity index (χ2n) is 9.70. The molecule has 2 heterocycles. The molecule has 9 nitrogen and oxygen atoms in total. The summed E-state index contributed by atoms with van der Waals surface area (Å²) in [5.74, 6) is 0.668. The number of ether oxygens (including phenoxy) is 5. The highest BCUT2D eigenvalue weighted by Gasteiger charge is 2.31. The van der Waals surface area contributed by atoms with Gasteiger partial charge in [-0.05, 0) is 73.0 Å². The van der Waals surface area contributed by atoms with E-state index in [1.54, 1.807) is 48.5 Å². The summed E-state index contributed by atoms with van der Waals surface area (Å²) in [5, 5.41) is 0.244. The predicted octanol–water partition coefficient (Wildman–Crippen LogP) is 5.20. The van der Waals surface area contributed by atoms with Gasteiger partial charge in [-0.2, -0.15) is 0 Å². The molecule has 0 spiro atoms. The molecule has 5 rings (SSSR count). The van der Waals surface area contributed by atoms with Gasteiger partial charge < -0.3 is 23.7 Å². The van der Waals surface area contributed by atoms with Gasteiger partial charge in [-0.15, -0.1) is 0 Å². The van der Waals surface area contributed by atoms with Crippen molar-refractivity contribution in [1.82, 2.24) is 4.57 Å². The number of hydrogen-bond donors (Lipinski definition) is 0. The van der Waals surface area contributed by atoms with E-state index >= 15 is 0 Å². The number of fused-ring (bicyclic) bond motifs is 1. The van der Waals surface area contributed by atoms with E-state index in [2.05, 4.69) is 4.99 Å². The fraction of sp³-hybridized carbons (Fsp3) is 0.242. The Kier molecular flexibility index (Phi) is 9.90. The Hall–Kier alpha value is -4.61. The van der Waals surface area contributed by atoms with Crippen molar-refractivity contribution in [1.29, 1.82) is 0 Å². The van der Waals surface area contributed by atoms with E-state index in [0.717, 1.165) is 11.3 Å². The lowest BCUT2D eigenvalue weighted by Gasteiger charge is -2.23. The summed E-state index contributed by atoms with van der Waals surface area (Å²) in [4.78, 5) is 31.6. The number of aromatic nitrogens is 1. The molecule has 45 heavy (non-hydrogen) atoms. The van der Waals surface area contributed by atoms with Crippen molar-refractivity contribution < 1.29 is 32.9 Å². The van der Waals surface area contributed by atoms with Crippen molar-refractivity contribution in [2.24, 2.45) is 4.99 Å². The number of carbonyl (C=O) groups is 1. The maximum Gasteiger partial charge on any atom is 0.337 e. The average Bonchev–Trinajstić information content (AvgIpc) is 3.35. The predicted molar refractivity (Wildman–Crippen MR) is 169 cm³/mol. The third kappa shape index (κ3) is 6.74. The Balaban J connectivity index is 1.56. The van der Waals surface area contributed by atoms with Crippen LogP contribution in [0.2, 0.25) is 5.02 Å². The molecule has 1 aromatic heterocycles. The van der Waals surface area contributed by atoms with Gasteiger partial charge in [0.15, 0.2) is 27.8 Å². The first-order valence-electron chi connectivity index (χ1n) is 14.0. The van der Waals surface area contributed by atoms with Crippen molar-refractivity contribution in [3.8, 4) is 23.0 Å². The number of halogens is 2. The molecule has 1 aliphatic rings. The van der Waals surface area contributed by atoms with Gasteiger partial charge in [0.25, 0.3) is 5.56 Å². The highest BCUT2D eigenvalue weighted by Crippen LogP contribution is 2.38. The lowest BCUT2D eigenvalue weighted by Crippen LogP contribution is -2.39. The lowest BCUT2D eigenvalue weighted by molar-refractivity contribution is -0.136. The average molecular weight is 653 g/mol. The van der Waals surface area contributed by atoms with Crippen LogP contribution in [0.15, 0.2) is 76.2 Å². The molecule has 12 heteroatoms. The van der Waals surface area contributed by atoms with Crippen LogP contribution in [0.25, 0.3) is 6.08 Å². The number of hydrogen-bond acceptors (Lipinski definition) is 9. The molecule has 0 radical (unpaired) electrons. The van der Waals surface area contributed by atoms with Gasteiger partial charge in [-0.1, -0.05) is 41.1 Å². The highest BCUT2D eigenvalue weighted by molar-refractivity contribution is 7.07. The fourth-order valence-electron chi connectivity index (χ4n) is 4.88. The van der Waals surface area contributed by atoms with E-state index in [0.29, 0.717) is 56.5 Å². The zero-order valence-electron chi connectivity index (χ0n) is 25.0. The van der Waals surface area contributed by atoms with Crippen LogP contribution in [0.4, 0.5) is 4.39 Å². The van der Waals surface area contributed by atoms with Gasteiger partial charge in [-0.3, -0.25) is 9.36 Å². The zero-order chi connectivity index (χ0) is 32.1. The number of benzene rings is 3. The minimum absolute atomic E-state index is 0.0743. The topological polar surface area (TPSA) is 97.6 Å². The van der Waals surface area contributed by atoms with Crippen molar-refractivity contribution in [3.63, 3.8) is 0 Å². The summed E-state index contributed by atoms with van der Waals surface area (Å²) >= 11 is 7.75. The van der Waals surface area contributed by atoms with Crippen molar-refractivity contribution in [3.05, 3.63) is 114 Å². The number of rotatable bonds is 11. The van der Waals surface area contributed by atoms with Gasteiger partial charge in [0.1, 0.15) is 12.4 Å². The summed E-state index contributed by atoms with van der Waals surface area (Å²) in [6.45, 7) is 4.64. The molecule has 3 aromatic carbocycles. The maximum atomic E-state index is 14.0. The van der Waals surface area contributed by atoms with Crippen LogP contribution in [-0.2, 0) is 16.1 Å². The van der Waals surface area contributed by atoms with Crippen LogP contribution >= 0.6 is 22.9 Å². The number of nitrogens with zero attached hydrogens (tertiary/aromatic N) is 2. The van der Waals surface area contributed by atoms with Crippen LogP contribution in [0, 0.1) is 5.82 Å². The van der Waals surface area contributed by atoms with Crippen LogP contribution in [0.1, 0.15) is 36.6 Å². The van der Waals surface area contributed by atoms with Crippen LogP contribution in [-0.4, -0.2) is 38.0 Å². The van der Waals surface area contributed by atoms with E-state index < -0.39 is 12.0 Å². The normalized spacial score (nSPS) is 14.2. The zero-order valence-corrected chi connectivity index (χ0v) is 26.5. The minimum Gasteiger partial charge on any atom is -0.493 e. The minimum atomic E-state index is -0.831. The Morgan fingerprint density at radius 1 is 1.02 bits per heavy atom. The molecule has 0 unspecified atom stereocenters. The van der Waals surface area contributed by atoms with E-state index in [9.17, 15) is 14.0 Å². The second kappa shape index (κ2) is 14.0. The summed E-state index contributed by atoms with van der Waals surface area (Å²) in [6, 6.07) is 13.8. The van der Waals surface area contributed by atoms with Gasteiger partial charge in [0.05, 0.1) is 48.6 Å². The Morgan fingerprint density at radius 3 is 2.51 bits per heavy atom. The summed E-state index contributed by atoms with van der Waals surface area (Å²) in [5.41, 5.74) is 1.63. The number of esters is 1. The number of thiazole rings is 1. The fourth-order valence-corrected chi connectivity index (χ4v) is 6.13. The molecule has 0 fully saturated rings. The van der Waals surface area contributed by atoms with Gasteiger partial charge >= 0.3 is 5.97 Å². The number of methoxy groups -OCH3 is 2. The van der Waals surface area contributed by atoms with Gasteiger partial charge in [-0.25, -0.2) is 14.2 Å². The smallest absolute Gasteiger partial charge is 0.337 e. The lowest BCUT2D eigenvalue weighted by atomic mass is 9.97. The van der Waals surface area contributed by atoms with Crippen LogP contribution in [0.3, 0.4) is 0 Å². The maximum absolute atomic E-state index is 14.0. The Bertz CT molecular complexity index is 1950. The van der Waals surface area contributed by atoms with Crippen LogP contribution in [0.5, 0.6) is 23.0 Å². The molecule has 4 aromatic rings. The molecule has 0 N–H and O–H groups in total. The summed E-state index contributed by atoms with van der Waals surface area (Å²) in [6.07, 6.45) is 3.09. The SMILES string of the molecule is CCOc1ccc([C@H]2C(C(=O)OC)=CN=c3s/c(=C\c4cc(Cl)c(OCc5cccc(F)c5)c(OC)c4)c(=O)n32)cc1OCC. The molecular formula is C33H30ClFN2O7S. The first kappa shape index (κ1) is 31.8.